The van der Waals surface area contributed by atoms with Crippen molar-refractivity contribution in [2.24, 2.45) is 0 Å². The monoisotopic (exact) mass is 437 g/mol. The lowest BCUT2D eigenvalue weighted by molar-refractivity contribution is -0.115. The first-order valence-electron chi connectivity index (χ1n) is 9.47. The third-order valence-electron chi connectivity index (χ3n) is 5.33. The second-order valence-electron chi connectivity index (χ2n) is 7.62. The van der Waals surface area contributed by atoms with E-state index in [1.165, 1.54) is 10.7 Å². The van der Waals surface area contributed by atoms with Gasteiger partial charge in [-0.05, 0) is 19.1 Å². The van der Waals surface area contributed by atoms with Crippen LogP contribution in [0.3, 0.4) is 0 Å². The van der Waals surface area contributed by atoms with Gasteiger partial charge in [0.05, 0.1) is 17.2 Å². The number of anilines is 1. The van der Waals surface area contributed by atoms with Crippen LogP contribution in [-0.4, -0.2) is 47.8 Å². The quantitative estimate of drug-likeness (QED) is 0.480. The number of pyridine rings is 1. The van der Waals surface area contributed by atoms with Gasteiger partial charge in [-0.2, -0.15) is 13.2 Å². The van der Waals surface area contributed by atoms with Gasteiger partial charge < -0.3 is 9.88 Å². The summed E-state index contributed by atoms with van der Waals surface area (Å²) in [5.74, 6) is -2.20. The Kier molecular flexibility index (Phi) is 4.18. The van der Waals surface area contributed by atoms with Crippen LogP contribution in [0.2, 0.25) is 0 Å². The fourth-order valence-electron chi connectivity index (χ4n) is 3.92. The molecule has 4 aromatic heterocycles. The molecule has 1 fully saturated rings. The highest BCUT2D eigenvalue weighted by molar-refractivity contribution is 5.85. The van der Waals surface area contributed by atoms with Crippen molar-refractivity contribution in [3.63, 3.8) is 0 Å². The van der Waals surface area contributed by atoms with Crippen molar-refractivity contribution in [2.45, 2.75) is 37.9 Å². The first-order chi connectivity index (χ1) is 14.6. The minimum absolute atomic E-state index is 0.153. The lowest BCUT2D eigenvalue weighted by Crippen LogP contribution is -2.37. The minimum atomic E-state index is -4.38. The predicted octanol–water partition coefficient (Wildman–Crippen LogP) is 4.39. The van der Waals surface area contributed by atoms with Gasteiger partial charge >= 0.3 is 6.18 Å². The average molecular weight is 437 g/mol. The van der Waals surface area contributed by atoms with Crippen LogP contribution in [0, 0.1) is 6.92 Å². The van der Waals surface area contributed by atoms with E-state index in [-0.39, 0.29) is 24.8 Å². The Morgan fingerprint density at radius 1 is 1.16 bits per heavy atom. The molecular formula is C19H16F5N7. The Morgan fingerprint density at radius 2 is 1.94 bits per heavy atom. The predicted molar refractivity (Wildman–Crippen MR) is 102 cm³/mol. The number of hydrogen-bond acceptors (Lipinski definition) is 5. The van der Waals surface area contributed by atoms with Crippen LogP contribution in [0.1, 0.15) is 24.7 Å². The van der Waals surface area contributed by atoms with Crippen molar-refractivity contribution in [1.29, 1.82) is 0 Å². The Balaban J connectivity index is 1.50. The van der Waals surface area contributed by atoms with Crippen LogP contribution >= 0.6 is 0 Å². The van der Waals surface area contributed by atoms with Crippen molar-refractivity contribution in [1.82, 2.24) is 29.1 Å². The maximum atomic E-state index is 13.4. The molecule has 12 heteroatoms. The van der Waals surface area contributed by atoms with E-state index in [4.69, 9.17) is 0 Å². The Hall–Kier alpha value is -3.31. The van der Waals surface area contributed by atoms with E-state index in [9.17, 15) is 22.0 Å². The normalized spacial score (nSPS) is 16.7. The molecule has 4 aromatic rings. The number of aryl methyl sites for hydroxylation is 1. The number of nitrogens with one attached hydrogen (secondary N) is 1. The molecular weight excluding hydrogens is 421 g/mol. The van der Waals surface area contributed by atoms with Crippen LogP contribution in [-0.2, 0) is 0 Å². The Morgan fingerprint density at radius 3 is 2.65 bits per heavy atom. The van der Waals surface area contributed by atoms with Crippen molar-refractivity contribution in [3.05, 3.63) is 36.5 Å². The third-order valence-corrected chi connectivity index (χ3v) is 5.33. The molecule has 31 heavy (non-hydrogen) atoms. The van der Waals surface area contributed by atoms with E-state index >= 15 is 0 Å². The topological polar surface area (TPSA) is 72.9 Å². The number of alkyl halides is 5. The molecule has 0 amide bonds. The zero-order valence-electron chi connectivity index (χ0n) is 16.2. The largest absolute Gasteiger partial charge is 0.405 e. The van der Waals surface area contributed by atoms with Gasteiger partial charge in [0, 0.05) is 42.4 Å². The number of imidazole rings is 1. The van der Waals surface area contributed by atoms with Crippen LogP contribution in [0.5, 0.6) is 0 Å². The summed E-state index contributed by atoms with van der Waals surface area (Å²) in [6.07, 6.45) is -0.225. The minimum Gasteiger partial charge on any atom is -0.344 e. The van der Waals surface area contributed by atoms with E-state index < -0.39 is 18.6 Å². The van der Waals surface area contributed by atoms with Crippen molar-refractivity contribution in [2.75, 3.05) is 11.9 Å². The molecule has 0 atom stereocenters. The molecule has 0 bridgehead atoms. The van der Waals surface area contributed by atoms with E-state index in [1.807, 2.05) is 6.07 Å². The molecule has 0 spiro atoms. The number of nitrogens with zero attached hydrogens (tertiary/aromatic N) is 6. The average Bonchev–Trinajstić information content (AvgIpc) is 3.23. The number of fused-ring (bicyclic) bond motifs is 2. The molecule has 1 aliphatic carbocycles. The first-order valence-corrected chi connectivity index (χ1v) is 9.47. The molecule has 0 aliphatic heterocycles. The summed E-state index contributed by atoms with van der Waals surface area (Å²) in [4.78, 5) is 12.7. The standard InChI is InChI=1S/C19H16F5N7/c1-10-28-16-14(31(10)12-5-18(20,21)6-12)4-11(7-25-16)13-2-3-30-15(13)8-26-17(29-30)27-9-19(22,23)24/h2-4,7-8,12H,5-6,9H2,1H3,(H,27,29). The molecule has 162 valence electrons. The molecule has 4 heterocycles. The van der Waals surface area contributed by atoms with Gasteiger partial charge in [-0.1, -0.05) is 0 Å². The van der Waals surface area contributed by atoms with Gasteiger partial charge in [0.1, 0.15) is 12.4 Å². The number of aromatic nitrogens is 6. The molecule has 5 rings (SSSR count). The molecule has 1 N–H and O–H groups in total. The van der Waals surface area contributed by atoms with E-state index in [0.717, 1.165) is 0 Å². The van der Waals surface area contributed by atoms with E-state index in [1.54, 1.807) is 30.0 Å². The number of rotatable bonds is 4. The zero-order chi connectivity index (χ0) is 22.0. The highest BCUT2D eigenvalue weighted by Gasteiger charge is 2.47. The second kappa shape index (κ2) is 6.59. The van der Waals surface area contributed by atoms with Crippen LogP contribution in [0.15, 0.2) is 30.7 Å². The third kappa shape index (κ3) is 3.55. The van der Waals surface area contributed by atoms with E-state index in [2.05, 4.69) is 25.4 Å². The van der Waals surface area contributed by atoms with Gasteiger partial charge in [-0.25, -0.2) is 28.2 Å². The summed E-state index contributed by atoms with van der Waals surface area (Å²) in [7, 11) is 0. The Labute approximate surface area is 171 Å². The lowest BCUT2D eigenvalue weighted by atomic mass is 9.87. The maximum absolute atomic E-state index is 13.4. The fraction of sp³-hybridized carbons (Fsp3) is 0.368. The smallest absolute Gasteiger partial charge is 0.344 e. The van der Waals surface area contributed by atoms with Gasteiger partial charge in [-0.3, -0.25) is 0 Å². The van der Waals surface area contributed by atoms with Crippen molar-refractivity contribution < 1.29 is 22.0 Å². The Bertz CT molecular complexity index is 1280. The summed E-state index contributed by atoms with van der Waals surface area (Å²) < 4.78 is 67.2. The van der Waals surface area contributed by atoms with Gasteiger partial charge in [0.25, 0.3) is 5.92 Å². The van der Waals surface area contributed by atoms with E-state index in [0.29, 0.717) is 33.6 Å². The first kappa shape index (κ1) is 19.6. The highest BCUT2D eigenvalue weighted by Crippen LogP contribution is 2.47. The highest BCUT2D eigenvalue weighted by atomic mass is 19.4. The van der Waals surface area contributed by atoms with Crippen LogP contribution < -0.4 is 5.32 Å². The maximum Gasteiger partial charge on any atom is 0.405 e. The molecule has 7 nitrogen and oxygen atoms in total. The molecule has 0 radical (unpaired) electrons. The van der Waals surface area contributed by atoms with Crippen LogP contribution in [0.25, 0.3) is 27.8 Å². The molecule has 0 saturated heterocycles. The number of hydrogen-bond donors (Lipinski definition) is 1. The molecule has 1 aliphatic rings. The SMILES string of the molecule is Cc1nc2ncc(-c3ccn4nc(NCC(F)(F)F)ncc34)cc2n1C1CC(F)(F)C1. The van der Waals surface area contributed by atoms with Gasteiger partial charge in [0.15, 0.2) is 5.65 Å². The molecule has 0 unspecified atom stereocenters. The summed E-state index contributed by atoms with van der Waals surface area (Å²) in [5.41, 5.74) is 3.09. The lowest BCUT2D eigenvalue weighted by Gasteiger charge is -2.36. The second-order valence-corrected chi connectivity index (χ2v) is 7.62. The fourth-order valence-corrected chi connectivity index (χ4v) is 3.92. The van der Waals surface area contributed by atoms with Crippen LogP contribution in [0.4, 0.5) is 27.9 Å². The van der Waals surface area contributed by atoms with Crippen molar-refractivity contribution in [3.8, 4) is 11.1 Å². The summed E-state index contributed by atoms with van der Waals surface area (Å²) in [6, 6.07) is 3.23. The van der Waals surface area contributed by atoms with Crippen molar-refractivity contribution >= 4 is 22.6 Å². The molecule has 1 saturated carbocycles. The summed E-state index contributed by atoms with van der Waals surface area (Å²) >= 11 is 0. The van der Waals surface area contributed by atoms with Gasteiger partial charge in [0.2, 0.25) is 5.95 Å². The molecule has 0 aromatic carbocycles. The summed E-state index contributed by atoms with van der Waals surface area (Å²) in [6.45, 7) is 0.520. The summed E-state index contributed by atoms with van der Waals surface area (Å²) in [5, 5.41) is 6.19. The zero-order valence-corrected chi connectivity index (χ0v) is 16.2. The van der Waals surface area contributed by atoms with Gasteiger partial charge in [-0.15, -0.1) is 5.10 Å². The number of halogens is 5.